The van der Waals surface area contributed by atoms with Gasteiger partial charge in [0.2, 0.25) is 5.95 Å². The predicted octanol–water partition coefficient (Wildman–Crippen LogP) is 2.10. The Labute approximate surface area is 153 Å². The largest absolute Gasteiger partial charge is 0.356 e. The molecule has 1 aromatic carbocycles. The monoisotopic (exact) mass is 350 g/mol. The molecule has 0 saturated carbocycles. The summed E-state index contributed by atoms with van der Waals surface area (Å²) in [7, 11) is 0. The first-order chi connectivity index (χ1) is 12.7. The molecular weight excluding hydrogens is 328 g/mol. The van der Waals surface area contributed by atoms with Crippen LogP contribution in [0.2, 0.25) is 0 Å². The van der Waals surface area contributed by atoms with Crippen LogP contribution in [0.4, 0.5) is 11.8 Å². The van der Waals surface area contributed by atoms with Crippen molar-refractivity contribution in [3.8, 4) is 6.07 Å². The van der Waals surface area contributed by atoms with Crippen molar-refractivity contribution >= 4 is 17.7 Å². The summed E-state index contributed by atoms with van der Waals surface area (Å²) < 4.78 is 0. The minimum absolute atomic E-state index is 0.167. The molecule has 3 rings (SSSR count). The number of aryl methyl sites for hydroxylation is 1. The number of nitrogens with one attached hydrogen (secondary N) is 2. The summed E-state index contributed by atoms with van der Waals surface area (Å²) in [5.41, 5.74) is 1.99. The molecule has 0 bridgehead atoms. The van der Waals surface area contributed by atoms with Crippen molar-refractivity contribution in [2.75, 3.05) is 36.4 Å². The molecule has 1 saturated heterocycles. The summed E-state index contributed by atoms with van der Waals surface area (Å²) in [4.78, 5) is 23.3. The maximum Gasteiger partial charge on any atom is 0.251 e. The molecule has 7 nitrogen and oxygen atoms in total. The third-order valence-electron chi connectivity index (χ3n) is 4.24. The number of hydrogen-bond donors (Lipinski definition) is 2. The highest BCUT2D eigenvalue weighted by Gasteiger charge is 2.15. The standard InChI is InChI=1S/C19H22N6O/c1-14-12-17(25-10-2-3-11-25)24-19(23-14)22-9-8-21-18(26)16-6-4-15(13-20)5-7-16/h4-7,12H,2-3,8-11H2,1H3,(H,21,26)(H,22,23,24). The second kappa shape index (κ2) is 8.30. The van der Waals surface area contributed by atoms with Crippen LogP contribution in [-0.2, 0) is 0 Å². The number of aromatic nitrogens is 2. The first-order valence-corrected chi connectivity index (χ1v) is 8.78. The van der Waals surface area contributed by atoms with E-state index >= 15 is 0 Å². The number of amides is 1. The van der Waals surface area contributed by atoms with E-state index in [4.69, 9.17) is 5.26 Å². The van der Waals surface area contributed by atoms with Gasteiger partial charge in [0.1, 0.15) is 5.82 Å². The molecule has 0 spiro atoms. The van der Waals surface area contributed by atoms with Crippen molar-refractivity contribution in [3.63, 3.8) is 0 Å². The van der Waals surface area contributed by atoms with E-state index < -0.39 is 0 Å². The van der Waals surface area contributed by atoms with Crippen molar-refractivity contribution in [2.24, 2.45) is 0 Å². The smallest absolute Gasteiger partial charge is 0.251 e. The van der Waals surface area contributed by atoms with E-state index in [2.05, 4.69) is 25.5 Å². The summed E-state index contributed by atoms with van der Waals surface area (Å²) in [6.07, 6.45) is 2.40. The number of nitriles is 1. The van der Waals surface area contributed by atoms with Gasteiger partial charge in [-0.25, -0.2) is 4.98 Å². The SMILES string of the molecule is Cc1cc(N2CCCC2)nc(NCCNC(=O)c2ccc(C#N)cc2)n1. The van der Waals surface area contributed by atoms with Gasteiger partial charge in [-0.2, -0.15) is 10.2 Å². The average Bonchev–Trinajstić information content (AvgIpc) is 3.19. The minimum Gasteiger partial charge on any atom is -0.356 e. The lowest BCUT2D eigenvalue weighted by Gasteiger charge is -2.17. The number of carbonyl (C=O) groups excluding carboxylic acids is 1. The molecule has 0 aliphatic carbocycles. The molecule has 1 aliphatic rings. The van der Waals surface area contributed by atoms with Gasteiger partial charge >= 0.3 is 0 Å². The molecule has 0 radical (unpaired) electrons. The number of carbonyl (C=O) groups is 1. The van der Waals surface area contributed by atoms with Gasteiger partial charge in [0.15, 0.2) is 0 Å². The minimum atomic E-state index is -0.167. The van der Waals surface area contributed by atoms with Crippen LogP contribution in [0.25, 0.3) is 0 Å². The normalized spacial score (nSPS) is 13.3. The Balaban J connectivity index is 1.50. The first kappa shape index (κ1) is 17.7. The molecule has 134 valence electrons. The lowest BCUT2D eigenvalue weighted by atomic mass is 10.1. The molecule has 0 unspecified atom stereocenters. The van der Waals surface area contributed by atoms with Crippen LogP contribution in [0, 0.1) is 18.3 Å². The second-order valence-electron chi connectivity index (χ2n) is 6.26. The maximum absolute atomic E-state index is 12.1. The molecule has 2 N–H and O–H groups in total. The summed E-state index contributed by atoms with van der Waals surface area (Å²) in [6, 6.07) is 10.6. The number of benzene rings is 1. The predicted molar refractivity (Wildman–Crippen MR) is 100 cm³/mol. The Morgan fingerprint density at radius 2 is 1.92 bits per heavy atom. The number of anilines is 2. The first-order valence-electron chi connectivity index (χ1n) is 8.78. The molecule has 7 heteroatoms. The lowest BCUT2D eigenvalue weighted by Crippen LogP contribution is -2.29. The highest BCUT2D eigenvalue weighted by molar-refractivity contribution is 5.94. The quantitative estimate of drug-likeness (QED) is 0.775. The molecule has 0 atom stereocenters. The zero-order valence-electron chi connectivity index (χ0n) is 14.8. The molecule has 1 fully saturated rings. The highest BCUT2D eigenvalue weighted by Crippen LogP contribution is 2.19. The summed E-state index contributed by atoms with van der Waals surface area (Å²) in [5.74, 6) is 1.37. The van der Waals surface area contributed by atoms with Crippen molar-refractivity contribution in [2.45, 2.75) is 19.8 Å². The third kappa shape index (κ3) is 4.48. The highest BCUT2D eigenvalue weighted by atomic mass is 16.1. The van der Waals surface area contributed by atoms with Crippen molar-refractivity contribution < 1.29 is 4.79 Å². The van der Waals surface area contributed by atoms with Crippen LogP contribution in [0.15, 0.2) is 30.3 Å². The van der Waals surface area contributed by atoms with E-state index in [1.54, 1.807) is 24.3 Å². The van der Waals surface area contributed by atoms with E-state index in [1.807, 2.05) is 19.1 Å². The zero-order chi connectivity index (χ0) is 18.4. The zero-order valence-corrected chi connectivity index (χ0v) is 14.8. The summed E-state index contributed by atoms with van der Waals surface area (Å²) in [6.45, 7) is 5.02. The Hall–Kier alpha value is -3.14. The second-order valence-corrected chi connectivity index (χ2v) is 6.26. The molecule has 1 aromatic heterocycles. The van der Waals surface area contributed by atoms with E-state index in [0.29, 0.717) is 30.2 Å². The lowest BCUT2D eigenvalue weighted by molar-refractivity contribution is 0.0955. The van der Waals surface area contributed by atoms with Gasteiger partial charge in [0, 0.05) is 43.5 Å². The van der Waals surface area contributed by atoms with Crippen LogP contribution >= 0.6 is 0 Å². The van der Waals surface area contributed by atoms with Crippen LogP contribution in [0.5, 0.6) is 0 Å². The summed E-state index contributed by atoms with van der Waals surface area (Å²) in [5, 5.41) is 14.8. The Bertz CT molecular complexity index is 806. The van der Waals surface area contributed by atoms with E-state index in [9.17, 15) is 4.79 Å². The van der Waals surface area contributed by atoms with Gasteiger partial charge in [0.25, 0.3) is 5.91 Å². The number of rotatable bonds is 6. The van der Waals surface area contributed by atoms with Crippen LogP contribution in [0.3, 0.4) is 0 Å². The van der Waals surface area contributed by atoms with E-state index in [0.717, 1.165) is 24.6 Å². The topological polar surface area (TPSA) is 93.9 Å². The van der Waals surface area contributed by atoms with Gasteiger partial charge in [0.05, 0.1) is 11.6 Å². The van der Waals surface area contributed by atoms with Crippen molar-refractivity contribution in [1.82, 2.24) is 15.3 Å². The van der Waals surface area contributed by atoms with E-state index in [-0.39, 0.29) is 5.91 Å². The molecule has 1 aliphatic heterocycles. The van der Waals surface area contributed by atoms with Gasteiger partial charge in [-0.15, -0.1) is 0 Å². The molecular formula is C19H22N6O. The van der Waals surface area contributed by atoms with Gasteiger partial charge in [-0.05, 0) is 44.0 Å². The fourth-order valence-corrected chi connectivity index (χ4v) is 2.89. The van der Waals surface area contributed by atoms with E-state index in [1.165, 1.54) is 12.8 Å². The average molecular weight is 350 g/mol. The fourth-order valence-electron chi connectivity index (χ4n) is 2.89. The van der Waals surface area contributed by atoms with Gasteiger partial charge < -0.3 is 15.5 Å². The summed E-state index contributed by atoms with van der Waals surface area (Å²) >= 11 is 0. The number of nitrogens with zero attached hydrogens (tertiary/aromatic N) is 4. The van der Waals surface area contributed by atoms with Gasteiger partial charge in [-0.1, -0.05) is 0 Å². The van der Waals surface area contributed by atoms with Crippen LogP contribution in [0.1, 0.15) is 34.5 Å². The number of hydrogen-bond acceptors (Lipinski definition) is 6. The van der Waals surface area contributed by atoms with Crippen molar-refractivity contribution in [3.05, 3.63) is 47.2 Å². The third-order valence-corrected chi connectivity index (χ3v) is 4.24. The van der Waals surface area contributed by atoms with Crippen molar-refractivity contribution in [1.29, 1.82) is 5.26 Å². The molecule has 2 heterocycles. The Morgan fingerprint density at radius 1 is 1.19 bits per heavy atom. The Kier molecular flexibility index (Phi) is 5.64. The molecule has 1 amide bonds. The molecule has 2 aromatic rings. The molecule has 26 heavy (non-hydrogen) atoms. The van der Waals surface area contributed by atoms with Gasteiger partial charge in [-0.3, -0.25) is 4.79 Å². The van der Waals surface area contributed by atoms with Crippen LogP contribution in [-0.4, -0.2) is 42.1 Å². The maximum atomic E-state index is 12.1. The van der Waals surface area contributed by atoms with Crippen LogP contribution < -0.4 is 15.5 Å². The Morgan fingerprint density at radius 3 is 2.62 bits per heavy atom. The fraction of sp³-hybridized carbons (Fsp3) is 0.368.